The number of anilines is 1. The van der Waals surface area contributed by atoms with E-state index in [1.54, 1.807) is 6.92 Å². The summed E-state index contributed by atoms with van der Waals surface area (Å²) in [6.45, 7) is 7.16. The average molecular weight is 264 g/mol. The van der Waals surface area contributed by atoms with Gasteiger partial charge in [-0.05, 0) is 39.2 Å². The van der Waals surface area contributed by atoms with E-state index >= 15 is 0 Å². The van der Waals surface area contributed by atoms with Gasteiger partial charge in [0.05, 0.1) is 11.8 Å². The molecule has 1 aliphatic heterocycles. The normalized spacial score (nSPS) is 17.5. The molecule has 0 unspecified atom stereocenters. The highest BCUT2D eigenvalue weighted by Gasteiger charge is 2.14. The number of nitrogens with zero attached hydrogens (tertiary/aromatic N) is 3. The molecule has 1 saturated heterocycles. The van der Waals surface area contributed by atoms with Crippen LogP contribution in [0.25, 0.3) is 0 Å². The number of hydrogen-bond acceptors (Lipinski definition) is 5. The second kappa shape index (κ2) is 6.82. The van der Waals surface area contributed by atoms with Crippen molar-refractivity contribution in [1.29, 1.82) is 0 Å². The summed E-state index contributed by atoms with van der Waals surface area (Å²) in [4.78, 5) is 11.4. The van der Waals surface area contributed by atoms with Gasteiger partial charge in [-0.2, -0.15) is 0 Å². The lowest BCUT2D eigenvalue weighted by molar-refractivity contribution is 0.191. The zero-order valence-electron chi connectivity index (χ0n) is 11.9. The molecular weight excluding hydrogens is 240 g/mol. The van der Waals surface area contributed by atoms with Crippen LogP contribution in [0, 0.1) is 6.92 Å². The van der Waals surface area contributed by atoms with Gasteiger partial charge in [-0.15, -0.1) is 0 Å². The Morgan fingerprint density at radius 2 is 2.05 bits per heavy atom. The minimum Gasteiger partial charge on any atom is -0.392 e. The van der Waals surface area contributed by atoms with E-state index in [0.29, 0.717) is 13.1 Å². The molecular formula is C14H24N4O. The quantitative estimate of drug-likeness (QED) is 0.838. The highest BCUT2D eigenvalue weighted by atomic mass is 16.3. The molecule has 0 amide bonds. The zero-order valence-corrected chi connectivity index (χ0v) is 11.9. The third-order valence-corrected chi connectivity index (χ3v) is 3.28. The SMILES string of the molecule is Cc1cc(CNC[C@H](C)O)nc(N2CCCCC2)n1. The van der Waals surface area contributed by atoms with Crippen LogP contribution in [-0.2, 0) is 6.54 Å². The van der Waals surface area contributed by atoms with E-state index in [0.717, 1.165) is 30.4 Å². The first-order valence-corrected chi connectivity index (χ1v) is 7.13. The van der Waals surface area contributed by atoms with Crippen molar-refractivity contribution in [3.8, 4) is 0 Å². The standard InChI is InChI=1S/C14H24N4O/c1-11-8-13(10-15-9-12(2)19)17-14(16-11)18-6-4-3-5-7-18/h8,12,15,19H,3-7,9-10H2,1-2H3/t12-/m0/s1. The number of piperidine rings is 1. The number of aliphatic hydroxyl groups excluding tert-OH is 1. The van der Waals surface area contributed by atoms with Crippen LogP contribution in [0.5, 0.6) is 0 Å². The lowest BCUT2D eigenvalue weighted by Gasteiger charge is -2.27. The zero-order chi connectivity index (χ0) is 13.7. The Morgan fingerprint density at radius 1 is 1.32 bits per heavy atom. The molecule has 1 aromatic rings. The van der Waals surface area contributed by atoms with Crippen LogP contribution in [0.1, 0.15) is 37.6 Å². The lowest BCUT2D eigenvalue weighted by atomic mass is 10.1. The van der Waals surface area contributed by atoms with Crippen LogP contribution in [0.15, 0.2) is 6.07 Å². The molecule has 1 aromatic heterocycles. The molecule has 0 saturated carbocycles. The number of rotatable bonds is 5. The van der Waals surface area contributed by atoms with Crippen molar-refractivity contribution in [2.24, 2.45) is 0 Å². The van der Waals surface area contributed by atoms with Gasteiger partial charge in [-0.3, -0.25) is 0 Å². The van der Waals surface area contributed by atoms with E-state index in [-0.39, 0.29) is 6.10 Å². The van der Waals surface area contributed by atoms with E-state index < -0.39 is 0 Å². The minimum absolute atomic E-state index is 0.329. The number of aliphatic hydroxyl groups is 1. The van der Waals surface area contributed by atoms with E-state index in [9.17, 15) is 5.11 Å². The number of aryl methyl sites for hydroxylation is 1. The van der Waals surface area contributed by atoms with E-state index in [1.165, 1.54) is 19.3 Å². The monoisotopic (exact) mass is 264 g/mol. The molecule has 0 bridgehead atoms. The van der Waals surface area contributed by atoms with Gasteiger partial charge in [0, 0.05) is 31.9 Å². The minimum atomic E-state index is -0.329. The van der Waals surface area contributed by atoms with Gasteiger partial charge in [0.25, 0.3) is 0 Å². The summed E-state index contributed by atoms with van der Waals surface area (Å²) in [5, 5.41) is 12.4. The Labute approximate surface area is 115 Å². The van der Waals surface area contributed by atoms with Crippen molar-refractivity contribution < 1.29 is 5.11 Å². The lowest BCUT2D eigenvalue weighted by Crippen LogP contribution is -2.31. The van der Waals surface area contributed by atoms with Crippen molar-refractivity contribution >= 4 is 5.95 Å². The predicted octanol–water partition coefficient (Wildman–Crippen LogP) is 1.25. The fourth-order valence-corrected chi connectivity index (χ4v) is 2.35. The van der Waals surface area contributed by atoms with Crippen molar-refractivity contribution in [3.63, 3.8) is 0 Å². The molecule has 106 valence electrons. The van der Waals surface area contributed by atoms with Crippen molar-refractivity contribution in [2.45, 2.75) is 45.8 Å². The largest absolute Gasteiger partial charge is 0.392 e. The van der Waals surface area contributed by atoms with Gasteiger partial charge >= 0.3 is 0 Å². The Bertz CT molecular complexity index is 402. The summed E-state index contributed by atoms with van der Waals surface area (Å²) in [5.41, 5.74) is 2.00. The van der Waals surface area contributed by atoms with Gasteiger partial charge < -0.3 is 15.3 Å². The third-order valence-electron chi connectivity index (χ3n) is 3.28. The van der Waals surface area contributed by atoms with E-state index in [1.807, 2.05) is 13.0 Å². The van der Waals surface area contributed by atoms with Gasteiger partial charge in [-0.25, -0.2) is 9.97 Å². The Kier molecular flexibility index (Phi) is 5.10. The van der Waals surface area contributed by atoms with Crippen molar-refractivity contribution in [1.82, 2.24) is 15.3 Å². The number of nitrogens with one attached hydrogen (secondary N) is 1. The van der Waals surface area contributed by atoms with E-state index in [2.05, 4.69) is 20.2 Å². The molecule has 2 rings (SSSR count). The van der Waals surface area contributed by atoms with Crippen molar-refractivity contribution in [3.05, 3.63) is 17.5 Å². The topological polar surface area (TPSA) is 61.3 Å². The van der Waals surface area contributed by atoms with Crippen LogP contribution in [0.3, 0.4) is 0 Å². The maximum atomic E-state index is 9.24. The second-order valence-corrected chi connectivity index (χ2v) is 5.33. The molecule has 0 radical (unpaired) electrons. The van der Waals surface area contributed by atoms with Crippen LogP contribution >= 0.6 is 0 Å². The molecule has 2 heterocycles. The van der Waals surface area contributed by atoms with E-state index in [4.69, 9.17) is 0 Å². The van der Waals surface area contributed by atoms with Gasteiger partial charge in [0.15, 0.2) is 0 Å². The molecule has 5 nitrogen and oxygen atoms in total. The molecule has 0 aliphatic carbocycles. The molecule has 0 aromatic carbocycles. The van der Waals surface area contributed by atoms with Gasteiger partial charge in [0.1, 0.15) is 0 Å². The first-order chi connectivity index (χ1) is 9.15. The molecule has 5 heteroatoms. The Balaban J connectivity index is 2.01. The smallest absolute Gasteiger partial charge is 0.225 e. The maximum absolute atomic E-state index is 9.24. The Hall–Kier alpha value is -1.20. The number of aromatic nitrogens is 2. The molecule has 1 aliphatic rings. The van der Waals surface area contributed by atoms with Gasteiger partial charge in [0.2, 0.25) is 5.95 Å². The fourth-order valence-electron chi connectivity index (χ4n) is 2.35. The van der Waals surface area contributed by atoms with Crippen LogP contribution in [-0.4, -0.2) is 40.8 Å². The van der Waals surface area contributed by atoms with Crippen molar-refractivity contribution in [2.75, 3.05) is 24.5 Å². The Morgan fingerprint density at radius 3 is 2.74 bits per heavy atom. The average Bonchev–Trinajstić information content (AvgIpc) is 2.39. The molecule has 1 fully saturated rings. The molecule has 0 spiro atoms. The molecule has 2 N–H and O–H groups in total. The molecule has 19 heavy (non-hydrogen) atoms. The third kappa shape index (κ3) is 4.44. The highest BCUT2D eigenvalue weighted by molar-refractivity contribution is 5.32. The number of hydrogen-bond donors (Lipinski definition) is 2. The van der Waals surface area contributed by atoms with Crippen LogP contribution in [0.2, 0.25) is 0 Å². The predicted molar refractivity (Wildman–Crippen MR) is 76.2 cm³/mol. The summed E-state index contributed by atoms with van der Waals surface area (Å²) < 4.78 is 0. The fraction of sp³-hybridized carbons (Fsp3) is 0.714. The first-order valence-electron chi connectivity index (χ1n) is 7.13. The van der Waals surface area contributed by atoms with Crippen LogP contribution < -0.4 is 10.2 Å². The van der Waals surface area contributed by atoms with Gasteiger partial charge in [-0.1, -0.05) is 0 Å². The summed E-state index contributed by atoms with van der Waals surface area (Å²) in [6, 6.07) is 2.00. The maximum Gasteiger partial charge on any atom is 0.225 e. The summed E-state index contributed by atoms with van der Waals surface area (Å²) in [5.74, 6) is 0.855. The molecule has 1 atom stereocenters. The van der Waals surface area contributed by atoms with Crippen LogP contribution in [0.4, 0.5) is 5.95 Å². The second-order valence-electron chi connectivity index (χ2n) is 5.33. The summed E-state index contributed by atoms with van der Waals surface area (Å²) in [7, 11) is 0. The summed E-state index contributed by atoms with van der Waals surface area (Å²) in [6.07, 6.45) is 3.44. The summed E-state index contributed by atoms with van der Waals surface area (Å²) >= 11 is 0. The first kappa shape index (κ1) is 14.2. The highest BCUT2D eigenvalue weighted by Crippen LogP contribution is 2.16.